The van der Waals surface area contributed by atoms with Crippen LogP contribution in [0.3, 0.4) is 0 Å². The lowest BCUT2D eigenvalue weighted by atomic mass is 9.78. The highest BCUT2D eigenvalue weighted by Gasteiger charge is 2.55. The smallest absolute Gasteiger partial charge is 0.343 e. The number of carbonyl (C=O) groups is 3. The van der Waals surface area contributed by atoms with Gasteiger partial charge in [0.1, 0.15) is 11.3 Å². The molecule has 1 amide bonds. The van der Waals surface area contributed by atoms with Gasteiger partial charge < -0.3 is 5.32 Å². The molecule has 0 spiro atoms. The molecule has 0 heterocycles. The molecule has 0 fully saturated rings. The maximum atomic E-state index is 12.6. The second-order valence-corrected chi connectivity index (χ2v) is 4.51. The van der Waals surface area contributed by atoms with Gasteiger partial charge in [-0.25, -0.2) is 0 Å². The third-order valence-electron chi connectivity index (χ3n) is 2.58. The summed E-state index contributed by atoms with van der Waals surface area (Å²) in [5.74, 6) is -4.35. The molecule has 0 saturated heterocycles. The summed E-state index contributed by atoms with van der Waals surface area (Å²) in [7, 11) is 0. The molecule has 0 aliphatic carbocycles. The predicted octanol–water partition coefficient (Wildman–Crippen LogP) is 1.63. The van der Waals surface area contributed by atoms with Gasteiger partial charge in [0.05, 0.1) is 0 Å². The zero-order valence-electron chi connectivity index (χ0n) is 10.6. The van der Waals surface area contributed by atoms with Gasteiger partial charge in [0.15, 0.2) is 0 Å². The van der Waals surface area contributed by atoms with E-state index < -0.39 is 41.5 Å². The van der Waals surface area contributed by atoms with Gasteiger partial charge in [-0.05, 0) is 12.8 Å². The van der Waals surface area contributed by atoms with E-state index >= 15 is 0 Å². The Hall–Kier alpha value is -1.40. The van der Waals surface area contributed by atoms with E-state index in [0.29, 0.717) is 0 Å². The molecule has 1 atom stereocenters. The quantitative estimate of drug-likeness (QED) is 0.823. The molecule has 0 rings (SSSR count). The number of rotatable bonds is 5. The van der Waals surface area contributed by atoms with Gasteiger partial charge in [-0.3, -0.25) is 14.4 Å². The Labute approximate surface area is 103 Å². The molecule has 0 radical (unpaired) electrons. The fourth-order valence-corrected chi connectivity index (χ4v) is 1.75. The Morgan fingerprint density at radius 2 is 1.56 bits per heavy atom. The first-order valence-corrected chi connectivity index (χ1v) is 5.33. The van der Waals surface area contributed by atoms with Crippen molar-refractivity contribution >= 4 is 17.5 Å². The first-order valence-electron chi connectivity index (χ1n) is 5.33. The number of alkyl halides is 3. The van der Waals surface area contributed by atoms with Crippen molar-refractivity contribution in [2.45, 2.75) is 45.8 Å². The Morgan fingerprint density at radius 3 is 1.78 bits per heavy atom. The van der Waals surface area contributed by atoms with Crippen LogP contribution in [0.5, 0.6) is 0 Å². The lowest BCUT2D eigenvalue weighted by molar-refractivity contribution is -0.181. The summed E-state index contributed by atoms with van der Waals surface area (Å²) < 4.78 is 37.8. The molecule has 0 saturated carbocycles. The largest absolute Gasteiger partial charge is 0.452 e. The fourth-order valence-electron chi connectivity index (χ4n) is 1.75. The normalized spacial score (nSPS) is 15.1. The average Bonchev–Trinajstić information content (AvgIpc) is 2.11. The molecule has 0 aliphatic heterocycles. The highest BCUT2D eigenvalue weighted by atomic mass is 19.4. The Bertz CT molecular complexity index is 345. The number of halogens is 3. The first kappa shape index (κ1) is 16.6. The van der Waals surface area contributed by atoms with Gasteiger partial charge in [-0.15, -0.1) is 0 Å². The monoisotopic (exact) mass is 267 g/mol. The molecule has 0 aromatic carbocycles. The van der Waals surface area contributed by atoms with Crippen LogP contribution >= 0.6 is 0 Å². The fraction of sp³-hybridized carbons (Fsp3) is 0.727. The van der Waals surface area contributed by atoms with E-state index in [-0.39, 0.29) is 0 Å². The van der Waals surface area contributed by atoms with Crippen molar-refractivity contribution in [3.05, 3.63) is 0 Å². The summed E-state index contributed by atoms with van der Waals surface area (Å²) in [6.45, 7) is 4.77. The van der Waals surface area contributed by atoms with Crippen LogP contribution in [0, 0.1) is 5.92 Å². The number of ketones is 2. The van der Waals surface area contributed by atoms with E-state index in [1.807, 2.05) is 5.32 Å². The van der Waals surface area contributed by atoms with Crippen LogP contribution in [0.15, 0.2) is 0 Å². The number of carbonyl (C=O) groups excluding carboxylic acids is 3. The van der Waals surface area contributed by atoms with E-state index in [4.69, 9.17) is 0 Å². The van der Waals surface area contributed by atoms with Gasteiger partial charge in [0.25, 0.3) is 5.78 Å². The van der Waals surface area contributed by atoms with Crippen LogP contribution < -0.4 is 5.32 Å². The van der Waals surface area contributed by atoms with Crippen LogP contribution in [0.2, 0.25) is 0 Å². The zero-order valence-corrected chi connectivity index (χ0v) is 10.6. The van der Waals surface area contributed by atoms with Crippen molar-refractivity contribution in [2.24, 2.45) is 5.92 Å². The standard InChI is InChI=1S/C11H16F3NO3/c1-6(2)10(5-7(3)16,15-8(4)17)9(18)11(12,13)14/h6H,5H2,1-4H3,(H,15,17). The molecule has 0 bridgehead atoms. The maximum Gasteiger partial charge on any atom is 0.452 e. The van der Waals surface area contributed by atoms with E-state index in [1.54, 1.807) is 0 Å². The summed E-state index contributed by atoms with van der Waals surface area (Å²) in [6.07, 6.45) is -5.79. The highest BCUT2D eigenvalue weighted by Crippen LogP contribution is 2.31. The number of hydrogen-bond donors (Lipinski definition) is 1. The van der Waals surface area contributed by atoms with E-state index in [2.05, 4.69) is 0 Å². The molecule has 104 valence electrons. The second kappa shape index (κ2) is 5.49. The van der Waals surface area contributed by atoms with Crippen molar-refractivity contribution in [1.82, 2.24) is 5.32 Å². The lowest BCUT2D eigenvalue weighted by Gasteiger charge is -2.36. The minimum Gasteiger partial charge on any atom is -0.343 e. The van der Waals surface area contributed by atoms with Crippen LogP contribution in [-0.2, 0) is 14.4 Å². The maximum absolute atomic E-state index is 12.6. The second-order valence-electron chi connectivity index (χ2n) is 4.51. The van der Waals surface area contributed by atoms with Gasteiger partial charge in [-0.2, -0.15) is 13.2 Å². The molecule has 1 N–H and O–H groups in total. The summed E-state index contributed by atoms with van der Waals surface area (Å²) >= 11 is 0. The Balaban J connectivity index is 5.67. The molecule has 18 heavy (non-hydrogen) atoms. The number of Topliss-reactive ketones (excluding diaryl/α,β-unsaturated/α-hetero) is 2. The third-order valence-corrected chi connectivity index (χ3v) is 2.58. The third kappa shape index (κ3) is 3.82. The summed E-state index contributed by atoms with van der Waals surface area (Å²) in [6, 6.07) is 0. The van der Waals surface area contributed by atoms with Crippen LogP contribution in [0.4, 0.5) is 13.2 Å². The van der Waals surface area contributed by atoms with E-state index in [9.17, 15) is 27.6 Å². The molecule has 7 heteroatoms. The van der Waals surface area contributed by atoms with Gasteiger partial charge >= 0.3 is 6.18 Å². The SMILES string of the molecule is CC(=O)CC(NC(C)=O)(C(=O)C(F)(F)F)C(C)C. The molecule has 4 nitrogen and oxygen atoms in total. The molecular weight excluding hydrogens is 251 g/mol. The minimum atomic E-state index is -5.11. The Kier molecular flexibility index (Phi) is 5.07. The highest BCUT2D eigenvalue weighted by molar-refractivity contribution is 5.99. The zero-order chi connectivity index (χ0) is 14.7. The minimum absolute atomic E-state index is 0.602. The van der Waals surface area contributed by atoms with Crippen LogP contribution in [0.1, 0.15) is 34.1 Å². The lowest BCUT2D eigenvalue weighted by Crippen LogP contribution is -2.62. The van der Waals surface area contributed by atoms with Crippen LogP contribution in [0.25, 0.3) is 0 Å². The van der Waals surface area contributed by atoms with Crippen molar-refractivity contribution in [3.8, 4) is 0 Å². The Morgan fingerprint density at radius 1 is 1.11 bits per heavy atom. The number of hydrogen-bond acceptors (Lipinski definition) is 3. The summed E-state index contributed by atoms with van der Waals surface area (Å²) in [5, 5.41) is 2.00. The predicted molar refractivity (Wildman–Crippen MR) is 57.7 cm³/mol. The first-order chi connectivity index (χ1) is 7.93. The van der Waals surface area contributed by atoms with Crippen LogP contribution in [-0.4, -0.2) is 29.2 Å². The average molecular weight is 267 g/mol. The number of nitrogens with one attached hydrogen (secondary N) is 1. The van der Waals surface area contributed by atoms with Crippen molar-refractivity contribution in [3.63, 3.8) is 0 Å². The van der Waals surface area contributed by atoms with E-state index in [0.717, 1.165) is 13.8 Å². The summed E-state index contributed by atoms with van der Waals surface area (Å²) in [5.41, 5.74) is -2.23. The van der Waals surface area contributed by atoms with Crippen molar-refractivity contribution in [2.75, 3.05) is 0 Å². The number of amides is 1. The molecule has 1 unspecified atom stereocenters. The molecule has 0 aliphatic rings. The topological polar surface area (TPSA) is 63.2 Å². The van der Waals surface area contributed by atoms with Crippen molar-refractivity contribution in [1.29, 1.82) is 0 Å². The summed E-state index contributed by atoms with van der Waals surface area (Å²) in [4.78, 5) is 33.6. The molecule has 0 aromatic heterocycles. The van der Waals surface area contributed by atoms with Gasteiger partial charge in [0.2, 0.25) is 5.91 Å². The van der Waals surface area contributed by atoms with E-state index in [1.165, 1.54) is 13.8 Å². The van der Waals surface area contributed by atoms with Gasteiger partial charge in [0, 0.05) is 13.3 Å². The van der Waals surface area contributed by atoms with Gasteiger partial charge in [-0.1, -0.05) is 13.8 Å². The molecule has 0 aromatic rings. The van der Waals surface area contributed by atoms with Crippen molar-refractivity contribution < 1.29 is 27.6 Å². The molecular formula is C11H16F3NO3.